The summed E-state index contributed by atoms with van der Waals surface area (Å²) in [7, 11) is 5.08. The number of benzene rings is 2. The maximum absolute atomic E-state index is 12.4. The molecule has 2 rings (SSSR count). The van der Waals surface area contributed by atoms with Crippen molar-refractivity contribution in [3.8, 4) is 11.5 Å². The number of carbonyl (C=O) groups excluding carboxylic acids is 2. The van der Waals surface area contributed by atoms with Crippen LogP contribution in [0.15, 0.2) is 36.4 Å². The molecule has 0 aromatic heterocycles. The molecule has 0 bridgehead atoms. The summed E-state index contributed by atoms with van der Waals surface area (Å²) in [5.74, 6) is 1.03. The van der Waals surface area contributed by atoms with E-state index in [1.165, 1.54) is 0 Å². The molecule has 0 aliphatic carbocycles. The molecule has 0 heterocycles. The monoisotopic (exact) mass is 399 g/mol. The van der Waals surface area contributed by atoms with Crippen molar-refractivity contribution in [2.24, 2.45) is 0 Å². The Kier molecular flexibility index (Phi) is 8.03. The minimum absolute atomic E-state index is 0.154. The largest absolute Gasteiger partial charge is 0.493 e. The summed E-state index contributed by atoms with van der Waals surface area (Å²) in [6.45, 7) is 5.20. The van der Waals surface area contributed by atoms with Gasteiger partial charge in [-0.3, -0.25) is 14.5 Å². The van der Waals surface area contributed by atoms with E-state index in [1.54, 1.807) is 38.5 Å². The fourth-order valence-corrected chi connectivity index (χ4v) is 2.99. The van der Waals surface area contributed by atoms with Gasteiger partial charge in [0.2, 0.25) is 5.91 Å². The number of amides is 2. The Morgan fingerprint density at radius 2 is 1.76 bits per heavy atom. The molecule has 0 saturated carbocycles. The van der Waals surface area contributed by atoms with E-state index in [9.17, 15) is 9.59 Å². The summed E-state index contributed by atoms with van der Waals surface area (Å²) in [6.07, 6.45) is 0. The predicted molar refractivity (Wildman–Crippen MR) is 114 cm³/mol. The third-order valence-electron chi connectivity index (χ3n) is 4.44. The van der Waals surface area contributed by atoms with Crippen LogP contribution in [-0.2, 0) is 11.3 Å². The van der Waals surface area contributed by atoms with Crippen molar-refractivity contribution < 1.29 is 19.1 Å². The molecule has 0 fully saturated rings. The molecule has 29 heavy (non-hydrogen) atoms. The van der Waals surface area contributed by atoms with Crippen LogP contribution in [0.3, 0.4) is 0 Å². The number of methoxy groups -OCH3 is 2. The van der Waals surface area contributed by atoms with E-state index < -0.39 is 0 Å². The predicted octanol–water partition coefficient (Wildman–Crippen LogP) is 2.83. The molecule has 7 heteroatoms. The number of aryl methyl sites for hydroxylation is 1. The number of nitrogens with one attached hydrogen (secondary N) is 2. The normalized spacial score (nSPS) is 10.6. The molecule has 7 nitrogen and oxygen atoms in total. The molecule has 2 aromatic carbocycles. The fraction of sp³-hybridized carbons (Fsp3) is 0.364. The van der Waals surface area contributed by atoms with Gasteiger partial charge in [-0.2, -0.15) is 0 Å². The summed E-state index contributed by atoms with van der Waals surface area (Å²) >= 11 is 0. The number of anilines is 1. The quantitative estimate of drug-likeness (QED) is 0.678. The van der Waals surface area contributed by atoms with Crippen LogP contribution in [0.5, 0.6) is 11.5 Å². The number of hydrogen-bond donors (Lipinski definition) is 2. The third-order valence-corrected chi connectivity index (χ3v) is 4.44. The lowest BCUT2D eigenvalue weighted by Crippen LogP contribution is -2.30. The van der Waals surface area contributed by atoms with Crippen molar-refractivity contribution >= 4 is 17.5 Å². The second-order valence-electron chi connectivity index (χ2n) is 6.79. The van der Waals surface area contributed by atoms with Gasteiger partial charge in [0.1, 0.15) is 0 Å². The highest BCUT2D eigenvalue weighted by atomic mass is 16.5. The van der Waals surface area contributed by atoms with Crippen LogP contribution in [-0.4, -0.2) is 51.1 Å². The Hall–Kier alpha value is -3.06. The van der Waals surface area contributed by atoms with E-state index in [0.717, 1.165) is 11.1 Å². The molecule has 2 N–H and O–H groups in total. The summed E-state index contributed by atoms with van der Waals surface area (Å²) in [5.41, 5.74) is 3.22. The Bertz CT molecular complexity index is 867. The van der Waals surface area contributed by atoms with Gasteiger partial charge in [-0.25, -0.2) is 0 Å². The second-order valence-corrected chi connectivity index (χ2v) is 6.79. The van der Waals surface area contributed by atoms with Crippen molar-refractivity contribution in [3.63, 3.8) is 0 Å². The highest BCUT2D eigenvalue weighted by Crippen LogP contribution is 2.30. The van der Waals surface area contributed by atoms with Crippen LogP contribution in [0.2, 0.25) is 0 Å². The Balaban J connectivity index is 1.99. The molecular formula is C22H29N3O4. The molecular weight excluding hydrogens is 370 g/mol. The summed E-state index contributed by atoms with van der Waals surface area (Å²) in [6, 6.07) is 10.7. The topological polar surface area (TPSA) is 79.9 Å². The van der Waals surface area contributed by atoms with Crippen molar-refractivity contribution in [1.29, 1.82) is 0 Å². The minimum atomic E-state index is -0.162. The van der Waals surface area contributed by atoms with Gasteiger partial charge in [0.15, 0.2) is 11.5 Å². The van der Waals surface area contributed by atoms with Crippen molar-refractivity contribution in [1.82, 2.24) is 10.2 Å². The van der Waals surface area contributed by atoms with Crippen LogP contribution < -0.4 is 20.1 Å². The number of nitrogens with zero attached hydrogens (tertiary/aromatic N) is 1. The van der Waals surface area contributed by atoms with Gasteiger partial charge in [-0.1, -0.05) is 6.07 Å². The molecule has 0 radical (unpaired) electrons. The third kappa shape index (κ3) is 6.22. The van der Waals surface area contributed by atoms with Gasteiger partial charge in [0, 0.05) is 24.3 Å². The van der Waals surface area contributed by atoms with Gasteiger partial charge < -0.3 is 20.1 Å². The van der Waals surface area contributed by atoms with Crippen molar-refractivity contribution in [2.45, 2.75) is 20.4 Å². The van der Waals surface area contributed by atoms with Gasteiger partial charge in [0.05, 0.1) is 20.8 Å². The van der Waals surface area contributed by atoms with E-state index in [4.69, 9.17) is 9.47 Å². The van der Waals surface area contributed by atoms with E-state index in [1.807, 2.05) is 37.9 Å². The van der Waals surface area contributed by atoms with Crippen LogP contribution in [0.1, 0.15) is 28.4 Å². The number of rotatable bonds is 9. The molecule has 156 valence electrons. The standard InChI is InChI=1S/C22H29N3O4/c1-6-23-22(27)16-8-7-9-18(11-16)24-21(26)14-25(3)13-17-12-20(29-5)19(28-4)10-15(17)2/h7-12H,6,13-14H2,1-5H3,(H,23,27)(H,24,26). The average Bonchev–Trinajstić information content (AvgIpc) is 2.69. The summed E-state index contributed by atoms with van der Waals surface area (Å²) in [4.78, 5) is 26.3. The molecule has 0 spiro atoms. The average molecular weight is 399 g/mol. The second kappa shape index (κ2) is 10.5. The van der Waals surface area contributed by atoms with Gasteiger partial charge >= 0.3 is 0 Å². The van der Waals surface area contributed by atoms with Crippen LogP contribution in [0.25, 0.3) is 0 Å². The van der Waals surface area contributed by atoms with Crippen LogP contribution in [0, 0.1) is 6.92 Å². The Labute approximate surface area is 172 Å². The van der Waals surface area contributed by atoms with Crippen LogP contribution >= 0.6 is 0 Å². The van der Waals surface area contributed by atoms with E-state index >= 15 is 0 Å². The highest BCUT2D eigenvalue weighted by Gasteiger charge is 2.13. The van der Waals surface area contributed by atoms with E-state index in [2.05, 4.69) is 10.6 Å². The maximum atomic E-state index is 12.4. The number of likely N-dealkylation sites (N-methyl/N-ethyl adjacent to an activating group) is 1. The first-order valence-electron chi connectivity index (χ1n) is 9.46. The summed E-state index contributed by atoms with van der Waals surface area (Å²) < 4.78 is 10.7. The molecule has 0 unspecified atom stereocenters. The summed E-state index contributed by atoms with van der Waals surface area (Å²) in [5, 5.41) is 5.59. The number of carbonyl (C=O) groups is 2. The van der Waals surface area contributed by atoms with Crippen LogP contribution in [0.4, 0.5) is 5.69 Å². The highest BCUT2D eigenvalue weighted by molar-refractivity contribution is 5.97. The van der Waals surface area contributed by atoms with E-state index in [-0.39, 0.29) is 18.4 Å². The lowest BCUT2D eigenvalue weighted by molar-refractivity contribution is -0.117. The minimum Gasteiger partial charge on any atom is -0.493 e. The number of ether oxygens (including phenoxy) is 2. The Morgan fingerprint density at radius 1 is 1.07 bits per heavy atom. The Morgan fingerprint density at radius 3 is 2.41 bits per heavy atom. The zero-order chi connectivity index (χ0) is 21.4. The smallest absolute Gasteiger partial charge is 0.251 e. The van der Waals surface area contributed by atoms with Crippen molar-refractivity contribution in [2.75, 3.05) is 39.7 Å². The number of hydrogen-bond acceptors (Lipinski definition) is 5. The molecule has 0 saturated heterocycles. The van der Waals surface area contributed by atoms with Gasteiger partial charge in [0.25, 0.3) is 5.91 Å². The first-order valence-corrected chi connectivity index (χ1v) is 9.46. The first-order chi connectivity index (χ1) is 13.9. The molecule has 2 amide bonds. The zero-order valence-corrected chi connectivity index (χ0v) is 17.7. The maximum Gasteiger partial charge on any atom is 0.251 e. The molecule has 0 atom stereocenters. The lowest BCUT2D eigenvalue weighted by atomic mass is 10.1. The molecule has 0 aliphatic heterocycles. The zero-order valence-electron chi connectivity index (χ0n) is 17.7. The first kappa shape index (κ1) is 22.2. The SMILES string of the molecule is CCNC(=O)c1cccc(NC(=O)CN(C)Cc2cc(OC)c(OC)cc2C)c1. The lowest BCUT2D eigenvalue weighted by Gasteiger charge is -2.19. The molecule has 2 aromatic rings. The van der Waals surface area contributed by atoms with Gasteiger partial charge in [-0.15, -0.1) is 0 Å². The van der Waals surface area contributed by atoms with Crippen molar-refractivity contribution in [3.05, 3.63) is 53.1 Å². The molecule has 0 aliphatic rings. The van der Waals surface area contributed by atoms with Gasteiger partial charge in [-0.05, 0) is 62.4 Å². The fourth-order valence-electron chi connectivity index (χ4n) is 2.99. The van der Waals surface area contributed by atoms with E-state index in [0.29, 0.717) is 35.8 Å².